The summed E-state index contributed by atoms with van der Waals surface area (Å²) < 4.78 is 7.13. The summed E-state index contributed by atoms with van der Waals surface area (Å²) in [6, 6.07) is 0. The first kappa shape index (κ1) is 10.9. The van der Waals surface area contributed by atoms with Crippen molar-refractivity contribution in [3.8, 4) is 0 Å². The molecule has 84 valence electrons. The molecule has 0 atom stereocenters. The third-order valence-corrected chi connectivity index (χ3v) is 2.85. The lowest BCUT2D eigenvalue weighted by molar-refractivity contribution is 0.00998. The highest BCUT2D eigenvalue weighted by Crippen LogP contribution is 2.08. The Morgan fingerprint density at radius 3 is 2.87 bits per heavy atom. The molecule has 6 heteroatoms. The number of aromatic nitrogens is 2. The zero-order valence-electron chi connectivity index (χ0n) is 8.74. The molecule has 2 rings (SSSR count). The van der Waals surface area contributed by atoms with Crippen LogP contribution < -0.4 is 5.43 Å². The lowest BCUT2D eigenvalue weighted by Crippen LogP contribution is -2.45. The molecule has 2 heterocycles. The first-order chi connectivity index (χ1) is 7.27. The minimum Gasteiger partial charge on any atom is -0.379 e. The van der Waals surface area contributed by atoms with Gasteiger partial charge in [-0.15, -0.1) is 0 Å². The maximum atomic E-state index is 5.89. The second-order valence-corrected chi connectivity index (χ2v) is 3.88. The monoisotopic (exact) mass is 230 g/mol. The smallest absolute Gasteiger partial charge is 0.128 e. The number of hydrogen-bond acceptors (Lipinski definition) is 4. The van der Waals surface area contributed by atoms with Crippen LogP contribution >= 0.6 is 11.6 Å². The van der Waals surface area contributed by atoms with E-state index in [1.807, 2.05) is 11.6 Å². The van der Waals surface area contributed by atoms with Crippen LogP contribution in [0.4, 0.5) is 0 Å². The summed E-state index contributed by atoms with van der Waals surface area (Å²) in [4.78, 5) is 4.21. The normalized spacial score (nSPS) is 18.3. The van der Waals surface area contributed by atoms with Crippen molar-refractivity contribution in [2.45, 2.75) is 6.54 Å². The molecule has 1 aromatic rings. The molecule has 1 fully saturated rings. The van der Waals surface area contributed by atoms with Crippen LogP contribution in [0.1, 0.15) is 5.82 Å². The van der Waals surface area contributed by atoms with E-state index in [1.165, 1.54) is 0 Å². The van der Waals surface area contributed by atoms with E-state index in [0.717, 1.165) is 32.1 Å². The van der Waals surface area contributed by atoms with Gasteiger partial charge in [0.25, 0.3) is 0 Å². The number of imidazole rings is 1. The van der Waals surface area contributed by atoms with Crippen LogP contribution in [0.3, 0.4) is 0 Å². The predicted molar refractivity (Wildman–Crippen MR) is 57.4 cm³/mol. The fraction of sp³-hybridized carbons (Fsp3) is 0.667. The van der Waals surface area contributed by atoms with E-state index < -0.39 is 0 Å². The molecular formula is C9H15ClN4O. The van der Waals surface area contributed by atoms with Gasteiger partial charge in [-0.25, -0.2) is 15.4 Å². The van der Waals surface area contributed by atoms with E-state index in [9.17, 15) is 0 Å². The van der Waals surface area contributed by atoms with Gasteiger partial charge in [0.2, 0.25) is 0 Å². The summed E-state index contributed by atoms with van der Waals surface area (Å²) in [7, 11) is 1.91. The first-order valence-corrected chi connectivity index (χ1v) is 5.37. The van der Waals surface area contributed by atoms with Crippen LogP contribution in [0.15, 0.2) is 6.20 Å². The van der Waals surface area contributed by atoms with Crippen LogP contribution in [-0.4, -0.2) is 40.9 Å². The van der Waals surface area contributed by atoms with E-state index in [4.69, 9.17) is 16.3 Å². The molecule has 0 amide bonds. The summed E-state index contributed by atoms with van der Waals surface area (Å²) >= 11 is 5.89. The molecule has 15 heavy (non-hydrogen) atoms. The maximum Gasteiger partial charge on any atom is 0.128 e. The summed E-state index contributed by atoms with van der Waals surface area (Å²) in [6.45, 7) is 4.10. The van der Waals surface area contributed by atoms with E-state index >= 15 is 0 Å². The Labute approximate surface area is 94.0 Å². The van der Waals surface area contributed by atoms with Crippen LogP contribution in [0, 0.1) is 0 Å². The molecule has 0 bridgehead atoms. The van der Waals surface area contributed by atoms with Crippen molar-refractivity contribution in [2.24, 2.45) is 7.05 Å². The molecule has 1 aliphatic rings. The fourth-order valence-corrected chi connectivity index (χ4v) is 1.64. The molecule has 0 unspecified atom stereocenters. The summed E-state index contributed by atoms with van der Waals surface area (Å²) in [5.74, 6) is 0.937. The SMILES string of the molecule is Cn1c(Cl)cnc1CNN1CCOCC1. The molecular weight excluding hydrogens is 216 g/mol. The fourth-order valence-electron chi connectivity index (χ4n) is 1.49. The Hall–Kier alpha value is -0.620. The van der Waals surface area contributed by atoms with Gasteiger partial charge in [-0.1, -0.05) is 11.6 Å². The maximum absolute atomic E-state index is 5.89. The molecule has 5 nitrogen and oxygen atoms in total. The third-order valence-electron chi connectivity index (χ3n) is 2.50. The molecule has 0 saturated carbocycles. The number of nitrogens with one attached hydrogen (secondary N) is 1. The van der Waals surface area contributed by atoms with Gasteiger partial charge in [0, 0.05) is 20.1 Å². The molecule has 1 saturated heterocycles. The van der Waals surface area contributed by atoms with Gasteiger partial charge in [-0.3, -0.25) is 0 Å². The predicted octanol–water partition coefficient (Wildman–Crippen LogP) is 0.410. The van der Waals surface area contributed by atoms with Crippen molar-refractivity contribution < 1.29 is 4.74 Å². The standard InChI is InChI=1S/C9H15ClN4O/c1-13-8(10)6-11-9(13)7-12-14-2-4-15-5-3-14/h6,12H,2-5,7H2,1H3. The Morgan fingerprint density at radius 2 is 2.27 bits per heavy atom. The van der Waals surface area contributed by atoms with E-state index in [-0.39, 0.29) is 0 Å². The van der Waals surface area contributed by atoms with Gasteiger partial charge < -0.3 is 9.30 Å². The highest BCUT2D eigenvalue weighted by Gasteiger charge is 2.11. The molecule has 1 aromatic heterocycles. The number of ether oxygens (including phenoxy) is 1. The number of halogens is 1. The number of rotatable bonds is 3. The van der Waals surface area contributed by atoms with Gasteiger partial charge in [-0.2, -0.15) is 0 Å². The molecule has 0 aromatic carbocycles. The Morgan fingerprint density at radius 1 is 1.53 bits per heavy atom. The van der Waals surface area contributed by atoms with Crippen molar-refractivity contribution in [3.63, 3.8) is 0 Å². The van der Waals surface area contributed by atoms with Crippen molar-refractivity contribution in [1.82, 2.24) is 20.0 Å². The molecule has 1 aliphatic heterocycles. The topological polar surface area (TPSA) is 42.3 Å². The minimum absolute atomic E-state index is 0.661. The van der Waals surface area contributed by atoms with Gasteiger partial charge >= 0.3 is 0 Å². The highest BCUT2D eigenvalue weighted by atomic mass is 35.5. The quantitative estimate of drug-likeness (QED) is 0.817. The minimum atomic E-state index is 0.661. The zero-order valence-corrected chi connectivity index (χ0v) is 9.50. The van der Waals surface area contributed by atoms with E-state index in [2.05, 4.69) is 15.4 Å². The number of morpholine rings is 1. The highest BCUT2D eigenvalue weighted by molar-refractivity contribution is 6.29. The Kier molecular flexibility index (Phi) is 3.58. The van der Waals surface area contributed by atoms with Gasteiger partial charge in [0.05, 0.1) is 26.0 Å². The summed E-state index contributed by atoms with van der Waals surface area (Å²) in [5, 5.41) is 2.81. The van der Waals surface area contributed by atoms with E-state index in [0.29, 0.717) is 11.7 Å². The van der Waals surface area contributed by atoms with Crippen molar-refractivity contribution in [1.29, 1.82) is 0 Å². The van der Waals surface area contributed by atoms with Crippen LogP contribution in [0.25, 0.3) is 0 Å². The average molecular weight is 231 g/mol. The zero-order chi connectivity index (χ0) is 10.7. The first-order valence-electron chi connectivity index (χ1n) is 4.99. The van der Waals surface area contributed by atoms with Crippen molar-refractivity contribution in [3.05, 3.63) is 17.2 Å². The number of hydrogen-bond donors (Lipinski definition) is 1. The van der Waals surface area contributed by atoms with Gasteiger partial charge in [-0.05, 0) is 0 Å². The van der Waals surface area contributed by atoms with E-state index in [1.54, 1.807) is 6.20 Å². The summed E-state index contributed by atoms with van der Waals surface area (Å²) in [6.07, 6.45) is 1.66. The summed E-state index contributed by atoms with van der Waals surface area (Å²) in [5.41, 5.74) is 3.30. The van der Waals surface area contributed by atoms with Gasteiger partial charge in [0.15, 0.2) is 0 Å². The van der Waals surface area contributed by atoms with Crippen molar-refractivity contribution in [2.75, 3.05) is 26.3 Å². The Balaban J connectivity index is 1.84. The van der Waals surface area contributed by atoms with Crippen LogP contribution in [0.5, 0.6) is 0 Å². The third kappa shape index (κ3) is 2.69. The average Bonchev–Trinajstić information content (AvgIpc) is 2.59. The molecule has 0 aliphatic carbocycles. The Bertz CT molecular complexity index is 322. The second kappa shape index (κ2) is 4.94. The molecule has 1 N–H and O–H groups in total. The lowest BCUT2D eigenvalue weighted by Gasteiger charge is -2.27. The molecule has 0 spiro atoms. The van der Waals surface area contributed by atoms with Gasteiger partial charge in [0.1, 0.15) is 11.0 Å². The number of nitrogens with zero attached hydrogens (tertiary/aromatic N) is 3. The second-order valence-electron chi connectivity index (χ2n) is 3.49. The number of hydrazine groups is 1. The molecule has 0 radical (unpaired) electrons. The largest absolute Gasteiger partial charge is 0.379 e. The van der Waals surface area contributed by atoms with Crippen LogP contribution in [0.2, 0.25) is 5.15 Å². The van der Waals surface area contributed by atoms with Crippen LogP contribution in [-0.2, 0) is 18.3 Å². The van der Waals surface area contributed by atoms with Crippen molar-refractivity contribution >= 4 is 11.6 Å². The lowest BCUT2D eigenvalue weighted by atomic mass is 10.5.